The van der Waals surface area contributed by atoms with Gasteiger partial charge >= 0.3 is 0 Å². The van der Waals surface area contributed by atoms with Crippen LogP contribution in [-0.4, -0.2) is 15.4 Å². The Bertz CT molecular complexity index is 516. The van der Waals surface area contributed by atoms with E-state index in [0.29, 0.717) is 17.3 Å². The monoisotopic (exact) mass is 326 g/mol. The van der Waals surface area contributed by atoms with E-state index in [1.165, 1.54) is 0 Å². The molecule has 0 aliphatic carbocycles. The number of hydrogen-bond acceptors (Lipinski definition) is 2. The van der Waals surface area contributed by atoms with Crippen molar-refractivity contribution in [3.63, 3.8) is 0 Å². The molecule has 0 fully saturated rings. The quantitative estimate of drug-likeness (QED) is 0.556. The van der Waals surface area contributed by atoms with Crippen molar-refractivity contribution in [2.24, 2.45) is 5.41 Å². The Morgan fingerprint density at radius 1 is 1.18 bits per heavy atom. The van der Waals surface area contributed by atoms with Crippen LogP contribution >= 0.6 is 0 Å². The number of hydrogen-bond donors (Lipinski definition) is 1. The summed E-state index contributed by atoms with van der Waals surface area (Å²) in [6, 6.07) is 5.67. The van der Waals surface area contributed by atoms with Crippen LogP contribution in [0.5, 0.6) is 5.75 Å². The van der Waals surface area contributed by atoms with Crippen LogP contribution in [0.25, 0.3) is 0 Å². The zero-order chi connectivity index (χ0) is 17.0. The lowest BCUT2D eigenvalue weighted by molar-refractivity contribution is 0.282. The molecule has 0 aliphatic rings. The van der Waals surface area contributed by atoms with Crippen molar-refractivity contribution < 1.29 is 13.5 Å². The minimum atomic E-state index is -2.04. The van der Waals surface area contributed by atoms with Crippen molar-refractivity contribution in [2.45, 2.75) is 71.1 Å². The van der Waals surface area contributed by atoms with Gasteiger partial charge in [0, 0.05) is 0 Å². The maximum absolute atomic E-state index is 11.6. The first-order valence-corrected chi connectivity index (χ1v) is 9.06. The SMILES string of the molecule is CCCCOc1ccc(C(C)(C)CC(C)(C)C)cc1S(=O)O. The third-order valence-corrected chi connectivity index (χ3v) is 4.34. The number of benzene rings is 1. The summed E-state index contributed by atoms with van der Waals surface area (Å²) in [6.07, 6.45) is 2.97. The van der Waals surface area contributed by atoms with Crippen LogP contribution in [0, 0.1) is 5.41 Å². The first kappa shape index (κ1) is 19.2. The zero-order valence-electron chi connectivity index (χ0n) is 14.7. The molecule has 0 saturated carbocycles. The molecular weight excluding hydrogens is 296 g/mol. The highest BCUT2D eigenvalue weighted by atomic mass is 32.2. The first-order chi connectivity index (χ1) is 10.1. The summed E-state index contributed by atoms with van der Waals surface area (Å²) in [4.78, 5) is 0.371. The molecule has 1 unspecified atom stereocenters. The van der Waals surface area contributed by atoms with E-state index < -0.39 is 11.1 Å². The van der Waals surface area contributed by atoms with Gasteiger partial charge in [-0.2, -0.15) is 0 Å². The molecule has 3 nitrogen and oxygen atoms in total. The second-order valence-corrected chi connectivity index (χ2v) is 8.67. The fourth-order valence-electron chi connectivity index (χ4n) is 2.94. The van der Waals surface area contributed by atoms with Gasteiger partial charge in [-0.15, -0.1) is 0 Å². The van der Waals surface area contributed by atoms with E-state index in [1.54, 1.807) is 0 Å². The van der Waals surface area contributed by atoms with Gasteiger partial charge in [0.05, 0.1) is 6.61 Å². The van der Waals surface area contributed by atoms with E-state index in [0.717, 1.165) is 24.8 Å². The van der Waals surface area contributed by atoms with Gasteiger partial charge in [0.25, 0.3) is 0 Å². The molecule has 0 saturated heterocycles. The van der Waals surface area contributed by atoms with Crippen LogP contribution in [-0.2, 0) is 16.5 Å². The molecule has 1 atom stereocenters. The molecule has 0 heterocycles. The highest BCUT2D eigenvalue weighted by Gasteiger charge is 2.28. The lowest BCUT2D eigenvalue weighted by atomic mass is 9.72. The Balaban J connectivity index is 3.09. The summed E-state index contributed by atoms with van der Waals surface area (Å²) in [5.41, 5.74) is 1.20. The van der Waals surface area contributed by atoms with Gasteiger partial charge in [0.15, 0.2) is 11.1 Å². The van der Waals surface area contributed by atoms with Crippen molar-refractivity contribution in [3.8, 4) is 5.75 Å². The smallest absolute Gasteiger partial charge is 0.190 e. The zero-order valence-corrected chi connectivity index (χ0v) is 15.5. The Morgan fingerprint density at radius 2 is 1.82 bits per heavy atom. The molecule has 1 aromatic rings. The van der Waals surface area contributed by atoms with E-state index in [2.05, 4.69) is 41.5 Å². The normalized spacial score (nSPS) is 14.0. The van der Waals surface area contributed by atoms with Crippen LogP contribution in [0.1, 0.15) is 66.4 Å². The molecular formula is C18H30O3S. The summed E-state index contributed by atoms with van der Waals surface area (Å²) in [5, 5.41) is 0. The third-order valence-electron chi connectivity index (χ3n) is 3.64. The van der Waals surface area contributed by atoms with Crippen molar-refractivity contribution in [3.05, 3.63) is 23.8 Å². The maximum atomic E-state index is 11.6. The minimum Gasteiger partial charge on any atom is -0.492 e. The fraction of sp³-hybridized carbons (Fsp3) is 0.667. The predicted octanol–water partition coefficient (Wildman–Crippen LogP) is 5.16. The second kappa shape index (κ2) is 7.60. The van der Waals surface area contributed by atoms with Gasteiger partial charge < -0.3 is 9.29 Å². The van der Waals surface area contributed by atoms with E-state index in [4.69, 9.17) is 4.74 Å². The second-order valence-electron chi connectivity index (χ2n) is 7.73. The average Bonchev–Trinajstić information content (AvgIpc) is 2.36. The van der Waals surface area contributed by atoms with Gasteiger partial charge in [-0.25, -0.2) is 4.21 Å². The first-order valence-electron chi connectivity index (χ1n) is 7.95. The largest absolute Gasteiger partial charge is 0.492 e. The van der Waals surface area contributed by atoms with Crippen LogP contribution < -0.4 is 4.74 Å². The van der Waals surface area contributed by atoms with Gasteiger partial charge in [0.2, 0.25) is 0 Å². The summed E-state index contributed by atoms with van der Waals surface area (Å²) < 4.78 is 26.9. The summed E-state index contributed by atoms with van der Waals surface area (Å²) >= 11 is -2.04. The molecule has 126 valence electrons. The molecule has 0 aromatic heterocycles. The van der Waals surface area contributed by atoms with Gasteiger partial charge in [0.1, 0.15) is 10.6 Å². The van der Waals surface area contributed by atoms with Crippen LogP contribution in [0.2, 0.25) is 0 Å². The molecule has 0 radical (unpaired) electrons. The molecule has 1 rings (SSSR count). The van der Waals surface area contributed by atoms with E-state index in [9.17, 15) is 8.76 Å². The van der Waals surface area contributed by atoms with Gasteiger partial charge in [-0.05, 0) is 41.4 Å². The lowest BCUT2D eigenvalue weighted by Crippen LogP contribution is -2.25. The molecule has 0 aliphatic heterocycles. The minimum absolute atomic E-state index is 0.0612. The predicted molar refractivity (Wildman–Crippen MR) is 93.0 cm³/mol. The van der Waals surface area contributed by atoms with Gasteiger partial charge in [-0.1, -0.05) is 54.0 Å². The molecule has 1 aromatic carbocycles. The Kier molecular flexibility index (Phi) is 6.63. The summed E-state index contributed by atoms with van der Waals surface area (Å²) in [7, 11) is 0. The average molecular weight is 327 g/mol. The van der Waals surface area contributed by atoms with E-state index in [-0.39, 0.29) is 10.8 Å². The summed E-state index contributed by atoms with van der Waals surface area (Å²) in [6.45, 7) is 13.6. The van der Waals surface area contributed by atoms with Crippen molar-refractivity contribution in [2.75, 3.05) is 6.61 Å². The fourth-order valence-corrected chi connectivity index (χ4v) is 3.47. The molecule has 0 amide bonds. The lowest BCUT2D eigenvalue weighted by Gasteiger charge is -2.33. The topological polar surface area (TPSA) is 46.5 Å². The molecule has 4 heteroatoms. The highest BCUT2D eigenvalue weighted by molar-refractivity contribution is 7.79. The van der Waals surface area contributed by atoms with Crippen LogP contribution in [0.15, 0.2) is 23.1 Å². The number of unbranched alkanes of at least 4 members (excludes halogenated alkanes) is 1. The molecule has 0 spiro atoms. The Labute approximate surface area is 137 Å². The van der Waals surface area contributed by atoms with Crippen molar-refractivity contribution in [1.82, 2.24) is 0 Å². The number of ether oxygens (including phenoxy) is 1. The molecule has 22 heavy (non-hydrogen) atoms. The molecule has 1 N–H and O–H groups in total. The Hall–Kier alpha value is -0.870. The van der Waals surface area contributed by atoms with Crippen molar-refractivity contribution >= 4 is 11.1 Å². The molecule has 0 bridgehead atoms. The van der Waals surface area contributed by atoms with Crippen LogP contribution in [0.4, 0.5) is 0 Å². The van der Waals surface area contributed by atoms with Crippen LogP contribution in [0.3, 0.4) is 0 Å². The van der Waals surface area contributed by atoms with E-state index in [1.807, 2.05) is 18.2 Å². The maximum Gasteiger partial charge on any atom is 0.190 e. The standard InChI is InChI=1S/C18H30O3S/c1-7-8-11-21-15-10-9-14(12-16(15)22(19)20)18(5,6)13-17(2,3)4/h9-10,12H,7-8,11,13H2,1-6H3,(H,19,20). The third kappa shape index (κ3) is 5.73. The number of rotatable bonds is 7. The van der Waals surface area contributed by atoms with Gasteiger partial charge in [-0.3, -0.25) is 0 Å². The Morgan fingerprint density at radius 3 is 2.32 bits per heavy atom. The van der Waals surface area contributed by atoms with E-state index >= 15 is 0 Å². The highest BCUT2D eigenvalue weighted by Crippen LogP contribution is 2.38. The van der Waals surface area contributed by atoms with Crippen molar-refractivity contribution in [1.29, 1.82) is 0 Å². The summed E-state index contributed by atoms with van der Waals surface area (Å²) in [5.74, 6) is 0.518.